The van der Waals surface area contributed by atoms with E-state index in [9.17, 15) is 19.1 Å². The number of anilines is 1. The second-order valence-corrected chi connectivity index (χ2v) is 6.06. The van der Waals surface area contributed by atoms with Gasteiger partial charge in [0.1, 0.15) is 5.82 Å². The highest BCUT2D eigenvalue weighted by atomic mass is 19.1. The summed E-state index contributed by atoms with van der Waals surface area (Å²) >= 11 is 0. The lowest BCUT2D eigenvalue weighted by Crippen LogP contribution is -2.41. The maximum Gasteiger partial charge on any atom is 0.313 e. The maximum atomic E-state index is 13.7. The Balaban J connectivity index is 1.94. The van der Waals surface area contributed by atoms with Crippen molar-refractivity contribution in [3.8, 4) is 0 Å². The Morgan fingerprint density at radius 2 is 2.13 bits per heavy atom. The molecule has 1 aliphatic rings. The molecule has 5 nitrogen and oxygen atoms in total. The first-order chi connectivity index (χ1) is 10.9. The zero-order chi connectivity index (χ0) is 17.0. The monoisotopic (exact) mass is 322 g/mol. The van der Waals surface area contributed by atoms with Crippen LogP contribution >= 0.6 is 0 Å². The predicted octanol–water partition coefficient (Wildman–Crippen LogP) is 1.95. The molecule has 1 saturated carbocycles. The van der Waals surface area contributed by atoms with Gasteiger partial charge in [0, 0.05) is 25.2 Å². The molecule has 1 aliphatic carbocycles. The number of nitrogens with zero attached hydrogens (tertiary/aromatic N) is 1. The average Bonchev–Trinajstić information content (AvgIpc) is 2.91. The highest BCUT2D eigenvalue weighted by Gasteiger charge is 2.29. The van der Waals surface area contributed by atoms with Crippen molar-refractivity contribution in [2.45, 2.75) is 38.7 Å². The molecule has 2 rings (SSSR count). The topological polar surface area (TPSA) is 69.6 Å². The van der Waals surface area contributed by atoms with Crippen LogP contribution in [0.3, 0.4) is 0 Å². The second kappa shape index (κ2) is 7.55. The number of nitrogens with one attached hydrogen (secondary N) is 1. The molecule has 6 heteroatoms. The van der Waals surface area contributed by atoms with Gasteiger partial charge in [0.15, 0.2) is 0 Å². The standard InChI is InChI=1S/C17H23FN2O3/c1-3-11-7-8-13(9-14(11)18)19-16(22)17(23)20(2)10-12-5-4-6-15(12)21/h7-9,12,15,21H,3-6,10H2,1-2H3,(H,19,22). The van der Waals surface area contributed by atoms with Crippen molar-refractivity contribution < 1.29 is 19.1 Å². The van der Waals surface area contributed by atoms with Gasteiger partial charge >= 0.3 is 11.8 Å². The third kappa shape index (κ3) is 4.28. The molecule has 1 fully saturated rings. The van der Waals surface area contributed by atoms with E-state index in [0.717, 1.165) is 19.3 Å². The zero-order valence-electron chi connectivity index (χ0n) is 13.5. The van der Waals surface area contributed by atoms with Crippen LogP contribution in [0.4, 0.5) is 10.1 Å². The van der Waals surface area contributed by atoms with Crippen LogP contribution < -0.4 is 5.32 Å². The van der Waals surface area contributed by atoms with Gasteiger partial charge in [-0.3, -0.25) is 9.59 Å². The summed E-state index contributed by atoms with van der Waals surface area (Å²) < 4.78 is 13.7. The fourth-order valence-corrected chi connectivity index (χ4v) is 2.93. The van der Waals surface area contributed by atoms with E-state index in [-0.39, 0.29) is 11.6 Å². The van der Waals surface area contributed by atoms with E-state index < -0.39 is 23.7 Å². The minimum Gasteiger partial charge on any atom is -0.393 e. The Bertz CT molecular complexity index is 591. The van der Waals surface area contributed by atoms with E-state index in [1.165, 1.54) is 18.0 Å². The second-order valence-electron chi connectivity index (χ2n) is 6.06. The van der Waals surface area contributed by atoms with Crippen molar-refractivity contribution in [3.05, 3.63) is 29.6 Å². The third-order valence-corrected chi connectivity index (χ3v) is 4.36. The van der Waals surface area contributed by atoms with Gasteiger partial charge in [0.05, 0.1) is 6.10 Å². The Morgan fingerprint density at radius 3 is 2.70 bits per heavy atom. The zero-order valence-corrected chi connectivity index (χ0v) is 13.5. The number of carbonyl (C=O) groups is 2. The average molecular weight is 322 g/mol. The Morgan fingerprint density at radius 1 is 1.39 bits per heavy atom. The first-order valence-corrected chi connectivity index (χ1v) is 7.95. The summed E-state index contributed by atoms with van der Waals surface area (Å²) in [4.78, 5) is 25.4. The summed E-state index contributed by atoms with van der Waals surface area (Å²) in [6.45, 7) is 2.18. The summed E-state index contributed by atoms with van der Waals surface area (Å²) in [7, 11) is 1.54. The molecule has 2 atom stereocenters. The molecule has 1 aromatic carbocycles. The van der Waals surface area contributed by atoms with E-state index >= 15 is 0 Å². The lowest BCUT2D eigenvalue weighted by Gasteiger charge is -2.22. The molecule has 0 bridgehead atoms. The van der Waals surface area contributed by atoms with Gasteiger partial charge in [-0.25, -0.2) is 4.39 Å². The SMILES string of the molecule is CCc1ccc(NC(=O)C(=O)N(C)CC2CCCC2O)cc1F. The Hall–Kier alpha value is -1.95. The number of halogens is 1. The number of amides is 2. The lowest BCUT2D eigenvalue weighted by molar-refractivity contribution is -0.142. The number of aliphatic hydroxyl groups excluding tert-OH is 1. The summed E-state index contributed by atoms with van der Waals surface area (Å²) in [6, 6.07) is 4.38. The molecule has 1 aromatic rings. The van der Waals surface area contributed by atoms with Crippen LogP contribution in [0.25, 0.3) is 0 Å². The third-order valence-electron chi connectivity index (χ3n) is 4.36. The smallest absolute Gasteiger partial charge is 0.313 e. The molecule has 126 valence electrons. The van der Waals surface area contributed by atoms with Crippen LogP contribution in [0, 0.1) is 11.7 Å². The number of hydrogen-bond acceptors (Lipinski definition) is 3. The number of aliphatic hydroxyl groups is 1. The number of carbonyl (C=O) groups excluding carboxylic acids is 2. The van der Waals surface area contributed by atoms with E-state index in [4.69, 9.17) is 0 Å². The molecule has 2 N–H and O–H groups in total. The normalized spacial score (nSPS) is 20.3. The maximum absolute atomic E-state index is 13.7. The fraction of sp³-hybridized carbons (Fsp3) is 0.529. The van der Waals surface area contributed by atoms with Gasteiger partial charge in [-0.2, -0.15) is 0 Å². The summed E-state index contributed by atoms with van der Waals surface area (Å²) in [6.07, 6.45) is 2.67. The number of aryl methyl sites for hydroxylation is 1. The first-order valence-electron chi connectivity index (χ1n) is 7.95. The minimum atomic E-state index is -0.802. The van der Waals surface area contributed by atoms with Gasteiger partial charge in [-0.1, -0.05) is 19.4 Å². The van der Waals surface area contributed by atoms with Crippen molar-refractivity contribution in [1.82, 2.24) is 4.90 Å². The molecule has 2 amide bonds. The quantitative estimate of drug-likeness (QED) is 0.833. The molecule has 0 aromatic heterocycles. The van der Waals surface area contributed by atoms with E-state index in [2.05, 4.69) is 5.32 Å². The van der Waals surface area contributed by atoms with Crippen molar-refractivity contribution >= 4 is 17.5 Å². The first kappa shape index (κ1) is 17.4. The van der Waals surface area contributed by atoms with Gasteiger partial charge in [0.2, 0.25) is 0 Å². The van der Waals surface area contributed by atoms with Crippen molar-refractivity contribution in [1.29, 1.82) is 0 Å². The van der Waals surface area contributed by atoms with Crippen LogP contribution in [0.1, 0.15) is 31.7 Å². The molecule has 0 saturated heterocycles. The number of rotatable bonds is 4. The summed E-state index contributed by atoms with van der Waals surface area (Å²) in [5.41, 5.74) is 0.814. The predicted molar refractivity (Wildman–Crippen MR) is 85.4 cm³/mol. The van der Waals surface area contributed by atoms with Gasteiger partial charge in [-0.05, 0) is 37.0 Å². The van der Waals surface area contributed by atoms with E-state index in [1.54, 1.807) is 12.1 Å². The van der Waals surface area contributed by atoms with Crippen molar-refractivity contribution in [2.75, 3.05) is 18.9 Å². The molecule has 0 spiro atoms. The van der Waals surface area contributed by atoms with E-state index in [0.29, 0.717) is 18.5 Å². The molecule has 2 unspecified atom stereocenters. The number of hydrogen-bond donors (Lipinski definition) is 2. The molecule has 23 heavy (non-hydrogen) atoms. The molecule has 0 heterocycles. The Kier molecular flexibility index (Phi) is 5.71. The molecule has 0 aliphatic heterocycles. The van der Waals surface area contributed by atoms with E-state index in [1.807, 2.05) is 6.92 Å². The minimum absolute atomic E-state index is 0.0121. The van der Waals surface area contributed by atoms with Gasteiger partial charge in [0.25, 0.3) is 0 Å². The van der Waals surface area contributed by atoms with Gasteiger partial charge < -0.3 is 15.3 Å². The molecule has 0 radical (unpaired) electrons. The number of likely N-dealkylation sites (N-methyl/N-ethyl adjacent to an activating group) is 1. The molecular weight excluding hydrogens is 299 g/mol. The van der Waals surface area contributed by atoms with Crippen LogP contribution in [0.5, 0.6) is 0 Å². The summed E-state index contributed by atoms with van der Waals surface area (Å²) in [5, 5.41) is 12.2. The number of benzene rings is 1. The lowest BCUT2D eigenvalue weighted by atomic mass is 10.1. The van der Waals surface area contributed by atoms with Crippen LogP contribution in [-0.4, -0.2) is 41.5 Å². The van der Waals surface area contributed by atoms with Crippen LogP contribution in [-0.2, 0) is 16.0 Å². The van der Waals surface area contributed by atoms with Crippen LogP contribution in [0.15, 0.2) is 18.2 Å². The largest absolute Gasteiger partial charge is 0.393 e. The van der Waals surface area contributed by atoms with Gasteiger partial charge in [-0.15, -0.1) is 0 Å². The fourth-order valence-electron chi connectivity index (χ4n) is 2.93. The summed E-state index contributed by atoms with van der Waals surface area (Å²) in [5.74, 6) is -1.88. The Labute approximate surface area is 135 Å². The van der Waals surface area contributed by atoms with Crippen molar-refractivity contribution in [3.63, 3.8) is 0 Å². The highest BCUT2D eigenvalue weighted by Crippen LogP contribution is 2.26. The van der Waals surface area contributed by atoms with Crippen LogP contribution in [0.2, 0.25) is 0 Å². The molecular formula is C17H23FN2O3. The highest BCUT2D eigenvalue weighted by molar-refractivity contribution is 6.39. The van der Waals surface area contributed by atoms with Crippen molar-refractivity contribution in [2.24, 2.45) is 5.92 Å².